The summed E-state index contributed by atoms with van der Waals surface area (Å²) in [5.74, 6) is -0.655. The van der Waals surface area contributed by atoms with Gasteiger partial charge in [0, 0.05) is 25.0 Å². The van der Waals surface area contributed by atoms with E-state index < -0.39 is 5.97 Å². The van der Waals surface area contributed by atoms with Gasteiger partial charge in [0.15, 0.2) is 11.9 Å². The van der Waals surface area contributed by atoms with Crippen molar-refractivity contribution >= 4 is 5.97 Å². The van der Waals surface area contributed by atoms with Gasteiger partial charge in [0.1, 0.15) is 7.05 Å². The van der Waals surface area contributed by atoms with Crippen molar-refractivity contribution in [3.63, 3.8) is 0 Å². The third kappa shape index (κ3) is 14.6. The monoisotopic (exact) mass is 390 g/mol. The number of carbonyl (C=O) groups is 1. The Balaban J connectivity index is 1.73. The predicted octanol–water partition coefficient (Wildman–Crippen LogP) is 6.77. The number of hydrogen-bond acceptors (Lipinski definition) is 1. The molecule has 0 unspecified atom stereocenters. The lowest BCUT2D eigenvalue weighted by atomic mass is 10.0. The molecule has 160 valence electrons. The van der Waals surface area contributed by atoms with E-state index in [9.17, 15) is 4.79 Å². The van der Waals surface area contributed by atoms with Crippen LogP contribution < -0.4 is 4.57 Å². The Morgan fingerprint density at radius 2 is 1.14 bits per heavy atom. The first kappa shape index (κ1) is 24.7. The number of carboxylic acid groups (broad SMARTS) is 1. The highest BCUT2D eigenvalue weighted by Gasteiger charge is 2.03. The van der Waals surface area contributed by atoms with Crippen LogP contribution in [0.2, 0.25) is 0 Å². The fourth-order valence-corrected chi connectivity index (χ4v) is 3.88. The number of aromatic nitrogens is 1. The molecule has 0 fully saturated rings. The maximum absolute atomic E-state index is 10.4. The molecule has 3 nitrogen and oxygen atoms in total. The van der Waals surface area contributed by atoms with Crippen LogP contribution in [0.5, 0.6) is 0 Å². The molecule has 0 amide bonds. The lowest BCUT2D eigenvalue weighted by molar-refractivity contribution is -0.679. The van der Waals surface area contributed by atoms with E-state index in [0.717, 1.165) is 12.8 Å². The van der Waals surface area contributed by atoms with Crippen LogP contribution >= 0.6 is 0 Å². The predicted molar refractivity (Wildman–Crippen MR) is 117 cm³/mol. The Labute approximate surface area is 173 Å². The molecule has 0 spiro atoms. The van der Waals surface area contributed by atoms with E-state index in [1.807, 2.05) is 0 Å². The summed E-state index contributed by atoms with van der Waals surface area (Å²) in [6.45, 7) is 0. The highest BCUT2D eigenvalue weighted by molar-refractivity contribution is 5.66. The first-order valence-electron chi connectivity index (χ1n) is 11.9. The Kier molecular flexibility index (Phi) is 15.6. The summed E-state index contributed by atoms with van der Waals surface area (Å²) in [6, 6.07) is 6.47. The largest absolute Gasteiger partial charge is 0.481 e. The standard InChI is InChI=1S/C25H43NO2/c1-26-23-19-18-21-24(26)20-16-14-12-10-8-6-4-2-3-5-7-9-11-13-15-17-22-25(27)28/h18-19,21,23H,2-17,20,22H2,1H3/p+1. The minimum atomic E-state index is -0.655. The molecule has 0 radical (unpaired) electrons. The molecule has 0 aromatic carbocycles. The fraction of sp³-hybridized carbons (Fsp3) is 0.760. The second-order valence-corrected chi connectivity index (χ2v) is 8.35. The summed E-state index contributed by atoms with van der Waals surface area (Å²) in [5, 5.41) is 8.59. The lowest BCUT2D eigenvalue weighted by Crippen LogP contribution is -2.32. The van der Waals surface area contributed by atoms with Crippen LogP contribution in [-0.4, -0.2) is 11.1 Å². The van der Waals surface area contributed by atoms with E-state index >= 15 is 0 Å². The number of aliphatic carboxylic acids is 1. The van der Waals surface area contributed by atoms with Gasteiger partial charge in [0.05, 0.1) is 0 Å². The van der Waals surface area contributed by atoms with Crippen LogP contribution in [0.3, 0.4) is 0 Å². The zero-order chi connectivity index (χ0) is 20.3. The molecular weight excluding hydrogens is 346 g/mol. The second-order valence-electron chi connectivity index (χ2n) is 8.35. The molecule has 1 rings (SSSR count). The van der Waals surface area contributed by atoms with E-state index in [4.69, 9.17) is 5.11 Å². The number of rotatable bonds is 19. The SMILES string of the molecule is C[n+]1ccccc1CCCCCCCCCCCCCCCCCCC(=O)O. The Morgan fingerprint density at radius 3 is 1.57 bits per heavy atom. The van der Waals surface area contributed by atoms with Gasteiger partial charge in [-0.25, -0.2) is 4.57 Å². The van der Waals surface area contributed by atoms with Crippen LogP contribution in [-0.2, 0) is 18.3 Å². The topological polar surface area (TPSA) is 41.2 Å². The van der Waals surface area contributed by atoms with Crippen molar-refractivity contribution in [2.24, 2.45) is 7.05 Å². The highest BCUT2D eigenvalue weighted by atomic mass is 16.4. The molecule has 1 heterocycles. The van der Waals surface area contributed by atoms with Crippen molar-refractivity contribution < 1.29 is 14.5 Å². The molecule has 0 atom stereocenters. The average molecular weight is 391 g/mol. The summed E-state index contributed by atoms with van der Waals surface area (Å²) >= 11 is 0. The van der Waals surface area contributed by atoms with E-state index in [-0.39, 0.29) is 0 Å². The maximum Gasteiger partial charge on any atom is 0.303 e. The molecule has 0 bridgehead atoms. The van der Waals surface area contributed by atoms with Crippen molar-refractivity contribution in [2.45, 2.75) is 116 Å². The Bertz CT molecular complexity index is 501. The number of hydrogen-bond donors (Lipinski definition) is 1. The van der Waals surface area contributed by atoms with Gasteiger partial charge in [-0.05, 0) is 12.8 Å². The van der Waals surface area contributed by atoms with Crippen LogP contribution in [0.15, 0.2) is 24.4 Å². The molecule has 0 aliphatic heterocycles. The zero-order valence-corrected chi connectivity index (χ0v) is 18.3. The minimum Gasteiger partial charge on any atom is -0.481 e. The molecule has 0 saturated carbocycles. The van der Waals surface area contributed by atoms with Gasteiger partial charge in [-0.3, -0.25) is 4.79 Å². The summed E-state index contributed by atoms with van der Waals surface area (Å²) in [5.41, 5.74) is 1.45. The number of carboxylic acids is 1. The molecular formula is C25H44NO2+. The number of nitrogens with zero attached hydrogens (tertiary/aromatic N) is 1. The summed E-state index contributed by atoms with van der Waals surface area (Å²) in [7, 11) is 2.14. The van der Waals surface area contributed by atoms with Crippen molar-refractivity contribution in [1.29, 1.82) is 0 Å². The smallest absolute Gasteiger partial charge is 0.303 e. The first-order valence-corrected chi connectivity index (χ1v) is 11.9. The van der Waals surface area contributed by atoms with E-state index in [2.05, 4.69) is 36.0 Å². The molecule has 1 aromatic rings. The quantitative estimate of drug-likeness (QED) is 0.209. The third-order valence-electron chi connectivity index (χ3n) is 5.74. The van der Waals surface area contributed by atoms with Gasteiger partial charge >= 0.3 is 5.97 Å². The lowest BCUT2D eigenvalue weighted by Gasteiger charge is -2.04. The normalized spacial score (nSPS) is 11.0. The molecule has 1 N–H and O–H groups in total. The third-order valence-corrected chi connectivity index (χ3v) is 5.74. The summed E-state index contributed by atoms with van der Waals surface area (Å²) in [6.07, 6.45) is 24.7. The Hall–Kier alpha value is -1.38. The van der Waals surface area contributed by atoms with E-state index in [0.29, 0.717) is 6.42 Å². The van der Waals surface area contributed by atoms with Crippen molar-refractivity contribution in [3.05, 3.63) is 30.1 Å². The van der Waals surface area contributed by atoms with Gasteiger partial charge in [-0.1, -0.05) is 96.0 Å². The van der Waals surface area contributed by atoms with Crippen molar-refractivity contribution in [1.82, 2.24) is 0 Å². The first-order chi connectivity index (χ1) is 13.7. The molecule has 3 heteroatoms. The maximum atomic E-state index is 10.4. The summed E-state index contributed by atoms with van der Waals surface area (Å²) < 4.78 is 2.24. The molecule has 1 aromatic heterocycles. The van der Waals surface area contributed by atoms with Crippen LogP contribution in [0.4, 0.5) is 0 Å². The van der Waals surface area contributed by atoms with Gasteiger partial charge in [0.2, 0.25) is 0 Å². The average Bonchev–Trinajstić information content (AvgIpc) is 2.68. The van der Waals surface area contributed by atoms with Crippen LogP contribution in [0.1, 0.15) is 115 Å². The van der Waals surface area contributed by atoms with E-state index in [1.165, 1.54) is 102 Å². The van der Waals surface area contributed by atoms with Gasteiger partial charge in [0.25, 0.3) is 0 Å². The zero-order valence-electron chi connectivity index (χ0n) is 18.3. The number of aryl methyl sites for hydroxylation is 2. The Morgan fingerprint density at radius 1 is 0.714 bits per heavy atom. The number of unbranched alkanes of at least 4 members (excludes halogenated alkanes) is 15. The fourth-order valence-electron chi connectivity index (χ4n) is 3.88. The minimum absolute atomic E-state index is 0.340. The van der Waals surface area contributed by atoms with E-state index in [1.54, 1.807) is 0 Å². The van der Waals surface area contributed by atoms with Gasteiger partial charge in [-0.2, -0.15) is 0 Å². The molecule has 0 saturated heterocycles. The second kappa shape index (κ2) is 17.7. The van der Waals surface area contributed by atoms with Crippen molar-refractivity contribution in [2.75, 3.05) is 0 Å². The van der Waals surface area contributed by atoms with Crippen LogP contribution in [0, 0.1) is 0 Å². The van der Waals surface area contributed by atoms with Gasteiger partial charge < -0.3 is 5.11 Å². The molecule has 28 heavy (non-hydrogen) atoms. The van der Waals surface area contributed by atoms with Crippen molar-refractivity contribution in [3.8, 4) is 0 Å². The van der Waals surface area contributed by atoms with Crippen LogP contribution in [0.25, 0.3) is 0 Å². The highest BCUT2D eigenvalue weighted by Crippen LogP contribution is 2.14. The molecule has 0 aliphatic rings. The summed E-state index contributed by atoms with van der Waals surface area (Å²) in [4.78, 5) is 10.4. The van der Waals surface area contributed by atoms with Gasteiger partial charge in [-0.15, -0.1) is 0 Å². The molecule has 0 aliphatic carbocycles. The number of pyridine rings is 1.